The maximum atomic E-state index is 13.5. The molecule has 1 aromatic heterocycles. The molecule has 2 heterocycles. The van der Waals surface area contributed by atoms with E-state index in [0.29, 0.717) is 43.7 Å². The first-order valence-electron chi connectivity index (χ1n) is 10.6. The van der Waals surface area contributed by atoms with Crippen LogP contribution >= 0.6 is 0 Å². The summed E-state index contributed by atoms with van der Waals surface area (Å²) in [5, 5.41) is 11.1. The topological polar surface area (TPSA) is 106 Å². The van der Waals surface area contributed by atoms with Gasteiger partial charge in [0.15, 0.2) is 0 Å². The quantitative estimate of drug-likeness (QED) is 0.584. The molecule has 3 aromatic rings. The number of nitrogens with one attached hydrogen (secondary N) is 1. The van der Waals surface area contributed by atoms with Crippen LogP contribution in [-0.2, 0) is 26.1 Å². The van der Waals surface area contributed by atoms with Crippen LogP contribution in [0.5, 0.6) is 0 Å². The van der Waals surface area contributed by atoms with Crippen molar-refractivity contribution in [1.29, 1.82) is 0 Å². The molecule has 1 atom stereocenters. The van der Waals surface area contributed by atoms with Crippen molar-refractivity contribution in [2.75, 3.05) is 25.6 Å². The van der Waals surface area contributed by atoms with E-state index in [2.05, 4.69) is 15.6 Å². The van der Waals surface area contributed by atoms with Gasteiger partial charge in [-0.25, -0.2) is 13.1 Å². The Hall–Kier alpha value is -2.82. The van der Waals surface area contributed by atoms with Crippen LogP contribution in [0.3, 0.4) is 0 Å². The van der Waals surface area contributed by atoms with Crippen LogP contribution in [0.25, 0.3) is 11.0 Å². The van der Waals surface area contributed by atoms with Crippen LogP contribution in [0.2, 0.25) is 0 Å². The lowest BCUT2D eigenvalue weighted by molar-refractivity contribution is -0.120. The standard InChI is InChI=1S/C22H27N5O4S/c1-16-7-3-4-8-18(16)23-22(28)21-9-5-6-12-27(21)32(29,30)17-10-11-20-19(15-17)24-25-26(20)13-14-31-2/h3-4,7-8,10-11,15,21H,5-6,9,12-14H2,1-2H3,(H,23,28)/t21-/m1/s1. The van der Waals surface area contributed by atoms with Gasteiger partial charge in [-0.3, -0.25) is 4.79 Å². The Morgan fingerprint density at radius 1 is 1.22 bits per heavy atom. The second-order valence-electron chi connectivity index (χ2n) is 7.89. The number of fused-ring (bicyclic) bond motifs is 1. The highest BCUT2D eigenvalue weighted by Crippen LogP contribution is 2.28. The molecule has 1 saturated heterocycles. The smallest absolute Gasteiger partial charge is 0.243 e. The maximum absolute atomic E-state index is 13.5. The second kappa shape index (κ2) is 9.35. The van der Waals surface area contributed by atoms with Crippen molar-refractivity contribution in [3.8, 4) is 0 Å². The molecule has 1 fully saturated rings. The summed E-state index contributed by atoms with van der Waals surface area (Å²) in [4.78, 5) is 13.2. The van der Waals surface area contributed by atoms with Gasteiger partial charge in [-0.15, -0.1) is 5.10 Å². The predicted molar refractivity (Wildman–Crippen MR) is 121 cm³/mol. The molecular weight excluding hydrogens is 430 g/mol. The van der Waals surface area contributed by atoms with E-state index in [-0.39, 0.29) is 10.8 Å². The number of sulfonamides is 1. The first-order valence-corrected chi connectivity index (χ1v) is 12.1. The molecule has 4 rings (SSSR count). The summed E-state index contributed by atoms with van der Waals surface area (Å²) in [7, 11) is -2.28. The summed E-state index contributed by atoms with van der Waals surface area (Å²) in [6.07, 6.45) is 1.99. The number of aryl methyl sites for hydroxylation is 1. The van der Waals surface area contributed by atoms with Gasteiger partial charge in [0.1, 0.15) is 11.6 Å². The Morgan fingerprint density at radius 3 is 2.81 bits per heavy atom. The van der Waals surface area contributed by atoms with Gasteiger partial charge in [-0.05, 0) is 49.6 Å². The molecule has 0 bridgehead atoms. The van der Waals surface area contributed by atoms with Crippen molar-refractivity contribution < 1.29 is 17.9 Å². The van der Waals surface area contributed by atoms with Crippen molar-refractivity contribution in [2.24, 2.45) is 0 Å². The van der Waals surface area contributed by atoms with E-state index in [1.807, 2.05) is 31.2 Å². The number of piperidine rings is 1. The fourth-order valence-corrected chi connectivity index (χ4v) is 5.65. The monoisotopic (exact) mass is 457 g/mol. The van der Waals surface area contributed by atoms with Gasteiger partial charge < -0.3 is 10.1 Å². The third-order valence-electron chi connectivity index (χ3n) is 5.76. The fourth-order valence-electron chi connectivity index (χ4n) is 3.97. The van der Waals surface area contributed by atoms with Gasteiger partial charge >= 0.3 is 0 Å². The van der Waals surface area contributed by atoms with Crippen molar-refractivity contribution in [1.82, 2.24) is 19.3 Å². The molecule has 9 nitrogen and oxygen atoms in total. The minimum Gasteiger partial charge on any atom is -0.383 e. The number of carbonyl (C=O) groups is 1. The number of methoxy groups -OCH3 is 1. The largest absolute Gasteiger partial charge is 0.383 e. The molecule has 2 aromatic carbocycles. The molecule has 1 aliphatic heterocycles. The molecular formula is C22H27N5O4S. The number of para-hydroxylation sites is 1. The number of carbonyl (C=O) groups excluding carboxylic acids is 1. The number of nitrogens with zero attached hydrogens (tertiary/aromatic N) is 4. The minimum atomic E-state index is -3.89. The van der Waals surface area contributed by atoms with Crippen LogP contribution < -0.4 is 5.32 Å². The molecule has 0 unspecified atom stereocenters. The Morgan fingerprint density at radius 2 is 2.03 bits per heavy atom. The highest BCUT2D eigenvalue weighted by atomic mass is 32.2. The van der Waals surface area contributed by atoms with E-state index < -0.39 is 16.1 Å². The van der Waals surface area contributed by atoms with Gasteiger partial charge in [0.05, 0.1) is 23.6 Å². The number of benzene rings is 2. The van der Waals surface area contributed by atoms with Gasteiger partial charge in [0, 0.05) is 19.3 Å². The highest BCUT2D eigenvalue weighted by Gasteiger charge is 2.38. The maximum Gasteiger partial charge on any atom is 0.243 e. The van der Waals surface area contributed by atoms with Crippen molar-refractivity contribution in [3.63, 3.8) is 0 Å². The number of rotatable bonds is 7. The van der Waals surface area contributed by atoms with E-state index in [0.717, 1.165) is 17.5 Å². The van der Waals surface area contributed by atoms with E-state index in [4.69, 9.17) is 4.74 Å². The van der Waals surface area contributed by atoms with Gasteiger partial charge in [0.25, 0.3) is 0 Å². The molecule has 0 radical (unpaired) electrons. The Kier molecular flexibility index (Phi) is 6.54. The summed E-state index contributed by atoms with van der Waals surface area (Å²) in [6, 6.07) is 11.5. The zero-order valence-electron chi connectivity index (χ0n) is 18.2. The zero-order chi connectivity index (χ0) is 22.7. The number of aromatic nitrogens is 3. The highest BCUT2D eigenvalue weighted by molar-refractivity contribution is 7.89. The lowest BCUT2D eigenvalue weighted by Gasteiger charge is -2.33. The molecule has 0 saturated carbocycles. The molecule has 170 valence electrons. The number of hydrogen-bond donors (Lipinski definition) is 1. The summed E-state index contributed by atoms with van der Waals surface area (Å²) < 4.78 is 35.1. The van der Waals surface area contributed by atoms with Crippen LogP contribution in [0.4, 0.5) is 5.69 Å². The second-order valence-corrected chi connectivity index (χ2v) is 9.78. The normalized spacial score (nSPS) is 17.5. The van der Waals surface area contributed by atoms with E-state index in [1.54, 1.807) is 23.9 Å². The molecule has 1 N–H and O–H groups in total. The van der Waals surface area contributed by atoms with Crippen LogP contribution in [0.15, 0.2) is 47.4 Å². The first kappa shape index (κ1) is 22.4. The summed E-state index contributed by atoms with van der Waals surface area (Å²) in [6.45, 7) is 3.20. The van der Waals surface area contributed by atoms with E-state index in [1.165, 1.54) is 10.4 Å². The minimum absolute atomic E-state index is 0.111. The zero-order valence-corrected chi connectivity index (χ0v) is 19.0. The van der Waals surface area contributed by atoms with Crippen molar-refractivity contribution in [3.05, 3.63) is 48.0 Å². The van der Waals surface area contributed by atoms with Crippen LogP contribution in [0, 0.1) is 6.92 Å². The third-order valence-corrected chi connectivity index (χ3v) is 7.66. The van der Waals surface area contributed by atoms with Gasteiger partial charge in [-0.1, -0.05) is 29.8 Å². The SMILES string of the molecule is COCCn1nnc2cc(S(=O)(=O)N3CCCC[C@@H]3C(=O)Nc3ccccc3C)ccc21. The fraction of sp³-hybridized carbons (Fsp3) is 0.409. The number of anilines is 1. The van der Waals surface area contributed by atoms with E-state index >= 15 is 0 Å². The Bertz CT molecular complexity index is 1220. The van der Waals surface area contributed by atoms with Gasteiger partial charge in [0.2, 0.25) is 15.9 Å². The molecule has 32 heavy (non-hydrogen) atoms. The molecule has 10 heteroatoms. The third kappa shape index (κ3) is 4.38. The number of ether oxygens (including phenoxy) is 1. The summed E-state index contributed by atoms with van der Waals surface area (Å²) >= 11 is 0. The summed E-state index contributed by atoms with van der Waals surface area (Å²) in [5.74, 6) is -0.311. The molecule has 0 spiro atoms. The average Bonchev–Trinajstić information content (AvgIpc) is 3.21. The summed E-state index contributed by atoms with van der Waals surface area (Å²) in [5.41, 5.74) is 2.83. The van der Waals surface area contributed by atoms with Crippen molar-refractivity contribution >= 4 is 32.7 Å². The molecule has 1 aliphatic rings. The Labute approximate surface area is 187 Å². The van der Waals surface area contributed by atoms with E-state index in [9.17, 15) is 13.2 Å². The Balaban J connectivity index is 1.61. The van der Waals surface area contributed by atoms with Crippen LogP contribution in [0.1, 0.15) is 24.8 Å². The van der Waals surface area contributed by atoms with Crippen molar-refractivity contribution in [2.45, 2.75) is 43.7 Å². The average molecular weight is 458 g/mol. The van der Waals surface area contributed by atoms with Gasteiger partial charge in [-0.2, -0.15) is 4.31 Å². The molecule has 0 aliphatic carbocycles. The van der Waals surface area contributed by atoms with Crippen LogP contribution in [-0.4, -0.2) is 59.9 Å². The lowest BCUT2D eigenvalue weighted by Crippen LogP contribution is -2.49. The predicted octanol–water partition coefficient (Wildman–Crippen LogP) is 2.57. The number of amides is 1. The first-order chi connectivity index (χ1) is 15.4. The lowest BCUT2D eigenvalue weighted by atomic mass is 10.0. The molecule has 1 amide bonds. The number of hydrogen-bond acceptors (Lipinski definition) is 6.